The third-order valence-corrected chi connectivity index (χ3v) is 3.02. The van der Waals surface area contributed by atoms with Crippen LogP contribution < -0.4 is 15.0 Å². The van der Waals surface area contributed by atoms with Gasteiger partial charge in [0, 0.05) is 31.9 Å². The highest BCUT2D eigenvalue weighted by Crippen LogP contribution is 2.20. The van der Waals surface area contributed by atoms with Gasteiger partial charge in [-0.2, -0.15) is 0 Å². The van der Waals surface area contributed by atoms with E-state index in [9.17, 15) is 0 Å². The van der Waals surface area contributed by atoms with Crippen molar-refractivity contribution in [1.29, 1.82) is 0 Å². The smallest absolute Gasteiger partial charge is 0.147 e. The maximum absolute atomic E-state index is 5.37. The first-order valence-electron chi connectivity index (χ1n) is 6.53. The van der Waals surface area contributed by atoms with Gasteiger partial charge in [-0.1, -0.05) is 18.2 Å². The SMILES string of the molecule is CNCc1cncc(N(C)Cc2ccccc2OC)n1. The summed E-state index contributed by atoms with van der Waals surface area (Å²) in [7, 11) is 5.58. The molecule has 0 spiro atoms. The van der Waals surface area contributed by atoms with Crippen molar-refractivity contribution in [3.8, 4) is 5.75 Å². The van der Waals surface area contributed by atoms with Crippen LogP contribution in [0, 0.1) is 0 Å². The van der Waals surface area contributed by atoms with Gasteiger partial charge in [0.05, 0.1) is 19.0 Å². The van der Waals surface area contributed by atoms with Gasteiger partial charge in [0.2, 0.25) is 0 Å². The molecule has 0 aliphatic rings. The highest BCUT2D eigenvalue weighted by atomic mass is 16.5. The zero-order chi connectivity index (χ0) is 14.4. The summed E-state index contributed by atoms with van der Waals surface area (Å²) >= 11 is 0. The van der Waals surface area contributed by atoms with Crippen LogP contribution in [0.3, 0.4) is 0 Å². The molecular formula is C15H20N4O. The normalized spacial score (nSPS) is 10.3. The predicted molar refractivity (Wildman–Crippen MR) is 79.9 cm³/mol. The molecule has 1 N–H and O–H groups in total. The second kappa shape index (κ2) is 6.86. The second-order valence-corrected chi connectivity index (χ2v) is 4.57. The van der Waals surface area contributed by atoms with E-state index in [1.807, 2.05) is 32.3 Å². The lowest BCUT2D eigenvalue weighted by atomic mass is 10.2. The quantitative estimate of drug-likeness (QED) is 0.869. The summed E-state index contributed by atoms with van der Waals surface area (Å²) in [5, 5.41) is 3.08. The molecule has 2 rings (SSSR count). The van der Waals surface area contributed by atoms with Crippen LogP contribution in [0.5, 0.6) is 5.75 Å². The Morgan fingerprint density at radius 3 is 2.80 bits per heavy atom. The van der Waals surface area contributed by atoms with Crippen molar-refractivity contribution in [1.82, 2.24) is 15.3 Å². The monoisotopic (exact) mass is 272 g/mol. The van der Waals surface area contributed by atoms with E-state index in [4.69, 9.17) is 4.74 Å². The standard InChI is InChI=1S/C15H20N4O/c1-16-8-13-9-17-10-15(18-13)19(2)11-12-6-4-5-7-14(12)20-3/h4-7,9-10,16H,8,11H2,1-3H3. The Morgan fingerprint density at radius 1 is 1.25 bits per heavy atom. The first-order valence-corrected chi connectivity index (χ1v) is 6.53. The van der Waals surface area contributed by atoms with E-state index in [1.165, 1.54) is 0 Å². The molecule has 0 radical (unpaired) electrons. The Bertz CT molecular complexity index is 559. The molecule has 0 saturated heterocycles. The molecule has 0 bridgehead atoms. The third-order valence-electron chi connectivity index (χ3n) is 3.02. The number of nitrogens with zero attached hydrogens (tertiary/aromatic N) is 3. The molecule has 0 amide bonds. The Morgan fingerprint density at radius 2 is 2.05 bits per heavy atom. The fourth-order valence-electron chi connectivity index (χ4n) is 2.02. The van der Waals surface area contributed by atoms with Crippen LogP contribution in [0.15, 0.2) is 36.7 Å². The third kappa shape index (κ3) is 3.45. The molecule has 106 valence electrons. The van der Waals surface area contributed by atoms with Crippen LogP contribution in [0.4, 0.5) is 5.82 Å². The zero-order valence-corrected chi connectivity index (χ0v) is 12.1. The van der Waals surface area contributed by atoms with Gasteiger partial charge < -0.3 is 15.0 Å². The lowest BCUT2D eigenvalue weighted by Crippen LogP contribution is -2.19. The minimum atomic E-state index is 0.712. The molecule has 2 aromatic rings. The summed E-state index contributed by atoms with van der Waals surface area (Å²) in [6.45, 7) is 1.44. The number of aromatic nitrogens is 2. The molecule has 0 fully saturated rings. The number of hydrogen-bond donors (Lipinski definition) is 1. The molecule has 5 nitrogen and oxygen atoms in total. The van der Waals surface area contributed by atoms with Gasteiger partial charge in [-0.3, -0.25) is 4.98 Å². The van der Waals surface area contributed by atoms with Gasteiger partial charge in [-0.15, -0.1) is 0 Å². The molecule has 0 aliphatic heterocycles. The highest BCUT2D eigenvalue weighted by molar-refractivity contribution is 5.41. The van der Waals surface area contributed by atoms with Crippen molar-refractivity contribution in [3.63, 3.8) is 0 Å². The van der Waals surface area contributed by atoms with Crippen molar-refractivity contribution in [2.75, 3.05) is 26.1 Å². The molecule has 1 aromatic carbocycles. The van der Waals surface area contributed by atoms with Crippen LogP contribution >= 0.6 is 0 Å². The Balaban J connectivity index is 2.15. The molecule has 0 saturated carbocycles. The summed E-state index contributed by atoms with van der Waals surface area (Å²) in [6.07, 6.45) is 3.55. The van der Waals surface area contributed by atoms with Crippen LogP contribution in [0.2, 0.25) is 0 Å². The van der Waals surface area contributed by atoms with Crippen molar-refractivity contribution >= 4 is 5.82 Å². The van der Waals surface area contributed by atoms with E-state index in [0.29, 0.717) is 6.54 Å². The van der Waals surface area contributed by atoms with E-state index >= 15 is 0 Å². The summed E-state index contributed by atoms with van der Waals surface area (Å²) < 4.78 is 5.37. The number of methoxy groups -OCH3 is 1. The average Bonchev–Trinajstić information content (AvgIpc) is 2.48. The molecule has 0 unspecified atom stereocenters. The van der Waals surface area contributed by atoms with E-state index in [0.717, 1.165) is 29.4 Å². The molecule has 1 heterocycles. The average molecular weight is 272 g/mol. The maximum Gasteiger partial charge on any atom is 0.147 e. The summed E-state index contributed by atoms with van der Waals surface area (Å²) in [5.74, 6) is 1.74. The fraction of sp³-hybridized carbons (Fsp3) is 0.333. The first-order chi connectivity index (χ1) is 9.74. The van der Waals surface area contributed by atoms with Crippen LogP contribution in [0.25, 0.3) is 0 Å². The van der Waals surface area contributed by atoms with Gasteiger partial charge in [0.25, 0.3) is 0 Å². The summed E-state index contributed by atoms with van der Waals surface area (Å²) in [6, 6.07) is 8.00. The lowest BCUT2D eigenvalue weighted by Gasteiger charge is -2.19. The maximum atomic E-state index is 5.37. The number of nitrogens with one attached hydrogen (secondary N) is 1. The molecule has 0 aliphatic carbocycles. The number of hydrogen-bond acceptors (Lipinski definition) is 5. The van der Waals surface area contributed by atoms with Crippen molar-refractivity contribution in [3.05, 3.63) is 47.9 Å². The van der Waals surface area contributed by atoms with Gasteiger partial charge in [-0.05, 0) is 13.1 Å². The van der Waals surface area contributed by atoms with E-state index in [2.05, 4.69) is 26.3 Å². The number of rotatable bonds is 6. The molecule has 1 aromatic heterocycles. The topological polar surface area (TPSA) is 50.3 Å². The lowest BCUT2D eigenvalue weighted by molar-refractivity contribution is 0.409. The Kier molecular flexibility index (Phi) is 4.90. The fourth-order valence-corrected chi connectivity index (χ4v) is 2.02. The Labute approximate surface area is 119 Å². The van der Waals surface area contributed by atoms with Crippen molar-refractivity contribution < 1.29 is 4.74 Å². The number of benzene rings is 1. The predicted octanol–water partition coefficient (Wildman–Crippen LogP) is 1.84. The van der Waals surface area contributed by atoms with Gasteiger partial charge in [0.15, 0.2) is 0 Å². The Hall–Kier alpha value is -2.14. The van der Waals surface area contributed by atoms with Crippen molar-refractivity contribution in [2.24, 2.45) is 0 Å². The number of anilines is 1. The van der Waals surface area contributed by atoms with Crippen LogP contribution in [-0.4, -0.2) is 31.2 Å². The van der Waals surface area contributed by atoms with Crippen LogP contribution in [-0.2, 0) is 13.1 Å². The van der Waals surface area contributed by atoms with E-state index < -0.39 is 0 Å². The molecular weight excluding hydrogens is 252 g/mol. The first kappa shape index (κ1) is 14.3. The van der Waals surface area contributed by atoms with Gasteiger partial charge in [0.1, 0.15) is 11.6 Å². The molecule has 0 atom stereocenters. The second-order valence-electron chi connectivity index (χ2n) is 4.57. The number of para-hydroxylation sites is 1. The number of ether oxygens (including phenoxy) is 1. The minimum absolute atomic E-state index is 0.712. The van der Waals surface area contributed by atoms with Gasteiger partial charge in [-0.25, -0.2) is 4.98 Å². The van der Waals surface area contributed by atoms with Crippen LogP contribution in [0.1, 0.15) is 11.3 Å². The largest absolute Gasteiger partial charge is 0.496 e. The van der Waals surface area contributed by atoms with Gasteiger partial charge >= 0.3 is 0 Å². The molecule has 20 heavy (non-hydrogen) atoms. The minimum Gasteiger partial charge on any atom is -0.496 e. The summed E-state index contributed by atoms with van der Waals surface area (Å²) in [5.41, 5.74) is 2.05. The zero-order valence-electron chi connectivity index (χ0n) is 12.1. The van der Waals surface area contributed by atoms with Crippen molar-refractivity contribution in [2.45, 2.75) is 13.1 Å². The molecule has 5 heteroatoms. The highest BCUT2D eigenvalue weighted by Gasteiger charge is 2.08. The van der Waals surface area contributed by atoms with E-state index in [1.54, 1.807) is 19.5 Å². The van der Waals surface area contributed by atoms with E-state index in [-0.39, 0.29) is 0 Å². The summed E-state index contributed by atoms with van der Waals surface area (Å²) in [4.78, 5) is 10.9.